The zero-order valence-electron chi connectivity index (χ0n) is 8.03. The van der Waals surface area contributed by atoms with Gasteiger partial charge in [-0.25, -0.2) is 0 Å². The Hall–Kier alpha value is -1.42. The van der Waals surface area contributed by atoms with E-state index in [0.717, 1.165) is 15.4 Å². The molecule has 2 aromatic rings. The van der Waals surface area contributed by atoms with Gasteiger partial charge in [-0.1, -0.05) is 15.9 Å². The lowest BCUT2D eigenvalue weighted by atomic mass is 10.2. The van der Waals surface area contributed by atoms with Crippen LogP contribution in [0.3, 0.4) is 0 Å². The van der Waals surface area contributed by atoms with Crippen LogP contribution >= 0.6 is 15.9 Å². The summed E-state index contributed by atoms with van der Waals surface area (Å²) in [5, 5.41) is 0.933. The van der Waals surface area contributed by atoms with Crippen molar-refractivity contribution in [1.82, 2.24) is 4.98 Å². The van der Waals surface area contributed by atoms with Crippen LogP contribution in [-0.4, -0.2) is 11.0 Å². The maximum absolute atomic E-state index is 10.8. The molecule has 0 atom stereocenters. The first-order chi connectivity index (χ1) is 7.15. The fraction of sp³-hybridized carbons (Fsp3) is 0.0909. The van der Waals surface area contributed by atoms with Gasteiger partial charge in [0, 0.05) is 16.8 Å². The molecule has 0 aliphatic rings. The maximum atomic E-state index is 10.8. The fourth-order valence-electron chi connectivity index (χ4n) is 1.30. The number of carbonyl (C=O) groups is 1. The minimum absolute atomic E-state index is 0.342. The van der Waals surface area contributed by atoms with Gasteiger partial charge in [0.2, 0.25) is 0 Å². The molecule has 0 aliphatic carbocycles. The number of halogens is 1. The summed E-state index contributed by atoms with van der Waals surface area (Å²) in [6.45, 7) is 1.37. The van der Waals surface area contributed by atoms with Gasteiger partial charge in [-0.15, -0.1) is 0 Å². The van der Waals surface area contributed by atoms with Crippen LogP contribution in [0.15, 0.2) is 34.9 Å². The van der Waals surface area contributed by atoms with Gasteiger partial charge in [-0.3, -0.25) is 9.78 Å². The summed E-state index contributed by atoms with van der Waals surface area (Å²) < 4.78 is 5.91. The van der Waals surface area contributed by atoms with Crippen LogP contribution in [0.1, 0.15) is 6.92 Å². The second kappa shape index (κ2) is 3.98. The molecule has 0 saturated carbocycles. The topological polar surface area (TPSA) is 39.2 Å². The van der Waals surface area contributed by atoms with Crippen LogP contribution in [0, 0.1) is 0 Å². The lowest BCUT2D eigenvalue weighted by Gasteiger charge is -2.02. The van der Waals surface area contributed by atoms with Crippen LogP contribution in [0.5, 0.6) is 5.75 Å². The molecule has 0 amide bonds. The highest BCUT2D eigenvalue weighted by Gasteiger charge is 2.01. The maximum Gasteiger partial charge on any atom is 0.308 e. The molecular weight excluding hydrogens is 258 g/mol. The molecule has 0 bridgehead atoms. The van der Waals surface area contributed by atoms with E-state index in [1.165, 1.54) is 13.1 Å². The molecule has 0 N–H and O–H groups in total. The number of carbonyl (C=O) groups excluding carboxylic acids is 1. The Morgan fingerprint density at radius 2 is 2.20 bits per heavy atom. The van der Waals surface area contributed by atoms with Gasteiger partial charge in [0.1, 0.15) is 5.75 Å². The number of hydrogen-bond acceptors (Lipinski definition) is 3. The van der Waals surface area contributed by atoms with Gasteiger partial charge in [-0.2, -0.15) is 0 Å². The van der Waals surface area contributed by atoms with Crippen LogP contribution in [0.25, 0.3) is 10.9 Å². The van der Waals surface area contributed by atoms with Crippen LogP contribution in [-0.2, 0) is 4.79 Å². The van der Waals surface area contributed by atoms with Crippen LogP contribution < -0.4 is 4.74 Å². The molecule has 3 nitrogen and oxygen atoms in total. The highest BCUT2D eigenvalue weighted by Crippen LogP contribution is 2.22. The van der Waals surface area contributed by atoms with E-state index in [4.69, 9.17) is 4.74 Å². The summed E-state index contributed by atoms with van der Waals surface area (Å²) in [6.07, 6.45) is 1.54. The zero-order chi connectivity index (χ0) is 10.8. The van der Waals surface area contributed by atoms with Gasteiger partial charge >= 0.3 is 5.97 Å². The number of ether oxygens (including phenoxy) is 1. The van der Waals surface area contributed by atoms with Crippen molar-refractivity contribution in [2.75, 3.05) is 0 Å². The highest BCUT2D eigenvalue weighted by molar-refractivity contribution is 9.10. The molecule has 0 spiro atoms. The third-order valence-corrected chi connectivity index (χ3v) is 2.37. The Bertz CT molecular complexity index is 525. The van der Waals surface area contributed by atoms with Crippen molar-refractivity contribution in [3.05, 3.63) is 34.9 Å². The highest BCUT2D eigenvalue weighted by atomic mass is 79.9. The van der Waals surface area contributed by atoms with Crippen molar-refractivity contribution < 1.29 is 9.53 Å². The minimum Gasteiger partial charge on any atom is -0.425 e. The number of rotatable bonds is 1. The van der Waals surface area contributed by atoms with Gasteiger partial charge in [0.05, 0.1) is 11.7 Å². The Morgan fingerprint density at radius 3 is 2.93 bits per heavy atom. The van der Waals surface area contributed by atoms with Gasteiger partial charge in [-0.05, 0) is 24.3 Å². The average molecular weight is 266 g/mol. The third-order valence-electron chi connectivity index (χ3n) is 1.88. The van der Waals surface area contributed by atoms with Gasteiger partial charge in [0.25, 0.3) is 0 Å². The largest absolute Gasteiger partial charge is 0.425 e. The molecule has 1 aromatic carbocycles. The minimum atomic E-state index is -0.342. The molecule has 0 aliphatic heterocycles. The van der Waals surface area contributed by atoms with Gasteiger partial charge < -0.3 is 4.74 Å². The van der Waals surface area contributed by atoms with E-state index >= 15 is 0 Å². The molecule has 76 valence electrons. The second-order valence-corrected chi connectivity index (χ2v) is 4.02. The molecule has 0 fully saturated rings. The molecule has 15 heavy (non-hydrogen) atoms. The third kappa shape index (κ3) is 2.33. The Morgan fingerprint density at radius 1 is 1.40 bits per heavy atom. The van der Waals surface area contributed by atoms with Crippen molar-refractivity contribution in [3.63, 3.8) is 0 Å². The van der Waals surface area contributed by atoms with E-state index in [0.29, 0.717) is 5.75 Å². The van der Waals surface area contributed by atoms with Gasteiger partial charge in [0.15, 0.2) is 0 Å². The number of pyridine rings is 1. The van der Waals surface area contributed by atoms with E-state index in [1.54, 1.807) is 6.07 Å². The van der Waals surface area contributed by atoms with Crippen molar-refractivity contribution >= 4 is 32.8 Å². The molecular formula is C11H8BrNO2. The van der Waals surface area contributed by atoms with Crippen LogP contribution in [0.4, 0.5) is 0 Å². The van der Waals surface area contributed by atoms with E-state index in [1.807, 2.05) is 18.2 Å². The quantitative estimate of drug-likeness (QED) is 0.745. The number of aromatic nitrogens is 1. The summed E-state index contributed by atoms with van der Waals surface area (Å²) in [5.74, 6) is 0.124. The second-order valence-electron chi connectivity index (χ2n) is 3.10. The predicted molar refractivity (Wildman–Crippen MR) is 60.8 cm³/mol. The molecule has 0 saturated heterocycles. The number of hydrogen-bond donors (Lipinski definition) is 0. The first kappa shape index (κ1) is 10.1. The summed E-state index contributed by atoms with van der Waals surface area (Å²) >= 11 is 3.37. The van der Waals surface area contributed by atoms with Crippen molar-refractivity contribution in [1.29, 1.82) is 0 Å². The number of fused-ring (bicyclic) bond motifs is 1. The number of nitrogens with zero attached hydrogens (tertiary/aromatic N) is 1. The van der Waals surface area contributed by atoms with Crippen molar-refractivity contribution in [3.8, 4) is 5.75 Å². The van der Waals surface area contributed by atoms with E-state index < -0.39 is 0 Å². The average Bonchev–Trinajstić information content (AvgIpc) is 2.16. The molecule has 2 rings (SSSR count). The summed E-state index contributed by atoms with van der Waals surface area (Å²) in [7, 11) is 0. The fourth-order valence-corrected chi connectivity index (χ4v) is 1.68. The molecule has 0 radical (unpaired) electrons. The molecule has 0 unspecified atom stereocenters. The summed E-state index contributed by atoms with van der Waals surface area (Å²) in [5.41, 5.74) is 0.870. The molecule has 1 heterocycles. The Kier molecular flexibility index (Phi) is 2.68. The SMILES string of the molecule is CC(=O)Oc1cnc2ccc(Br)cc2c1. The first-order valence-electron chi connectivity index (χ1n) is 4.39. The van der Waals surface area contributed by atoms with E-state index in [9.17, 15) is 4.79 Å². The smallest absolute Gasteiger partial charge is 0.308 e. The lowest BCUT2D eigenvalue weighted by molar-refractivity contribution is -0.131. The monoisotopic (exact) mass is 265 g/mol. The van der Waals surface area contributed by atoms with Crippen molar-refractivity contribution in [2.24, 2.45) is 0 Å². The summed E-state index contributed by atoms with van der Waals surface area (Å²) in [6, 6.07) is 7.53. The zero-order valence-corrected chi connectivity index (χ0v) is 9.61. The Labute approximate surface area is 95.2 Å². The Balaban J connectivity index is 2.49. The summed E-state index contributed by atoms with van der Waals surface area (Å²) in [4.78, 5) is 14.9. The normalized spacial score (nSPS) is 10.3. The van der Waals surface area contributed by atoms with E-state index in [2.05, 4.69) is 20.9 Å². The molecule has 1 aromatic heterocycles. The molecule has 4 heteroatoms. The number of esters is 1. The first-order valence-corrected chi connectivity index (χ1v) is 5.18. The lowest BCUT2D eigenvalue weighted by Crippen LogP contribution is -2.01. The predicted octanol–water partition coefficient (Wildman–Crippen LogP) is 2.92. The van der Waals surface area contributed by atoms with Crippen LogP contribution in [0.2, 0.25) is 0 Å². The van der Waals surface area contributed by atoms with E-state index in [-0.39, 0.29) is 5.97 Å². The number of benzene rings is 1. The standard InChI is InChI=1S/C11H8BrNO2/c1-7(14)15-10-5-8-4-9(12)2-3-11(8)13-6-10/h2-6H,1H3. The van der Waals surface area contributed by atoms with Crippen molar-refractivity contribution in [2.45, 2.75) is 6.92 Å².